The third kappa shape index (κ3) is 2.36. The number of nitrogens with one attached hydrogen (secondary N) is 1. The van der Waals surface area contributed by atoms with Gasteiger partial charge in [-0.05, 0) is 6.42 Å². The number of rotatable bonds is 4. The first-order valence-electron chi connectivity index (χ1n) is 6.47. The first kappa shape index (κ1) is 16.1. The lowest BCUT2D eigenvalue weighted by Gasteiger charge is -2.17. The van der Waals surface area contributed by atoms with Crippen molar-refractivity contribution in [2.75, 3.05) is 0 Å². The first-order chi connectivity index (χ1) is 10.6. The molecule has 2 fully saturated rings. The Balaban J connectivity index is 1.80. The molecule has 3 rings (SSSR count). The summed E-state index contributed by atoms with van der Waals surface area (Å²) in [6.45, 7) is 0. The normalized spacial score (nSPS) is 35.8. The van der Waals surface area contributed by atoms with E-state index in [1.54, 1.807) is 5.10 Å². The number of hydrogen-bond acceptors (Lipinski definition) is 6. The molecule has 12 heteroatoms. The molecule has 1 aromatic rings. The molecule has 5 N–H and O–H groups in total. The van der Waals surface area contributed by atoms with Crippen LogP contribution in [0, 0.1) is 17.8 Å². The fourth-order valence-corrected chi connectivity index (χ4v) is 4.73. The van der Waals surface area contributed by atoms with Crippen LogP contribution in [0.1, 0.15) is 12.2 Å². The van der Waals surface area contributed by atoms with Crippen LogP contribution in [-0.2, 0) is 15.8 Å². The number of aromatic amines is 1. The zero-order valence-electron chi connectivity index (χ0n) is 11.2. The van der Waals surface area contributed by atoms with E-state index in [2.05, 4.69) is 10.1 Å². The van der Waals surface area contributed by atoms with Crippen molar-refractivity contribution in [1.29, 1.82) is 0 Å². The zero-order chi connectivity index (χ0) is 17.2. The van der Waals surface area contributed by atoms with E-state index in [0.717, 1.165) is 11.8 Å². The van der Waals surface area contributed by atoms with Gasteiger partial charge >= 0.3 is 18.1 Å². The van der Waals surface area contributed by atoms with Crippen LogP contribution < -0.4 is 5.73 Å². The highest BCUT2D eigenvalue weighted by atomic mass is 32.2. The molecular formula is C11H11F3N4O4S. The molecule has 0 bridgehead atoms. The maximum absolute atomic E-state index is 12.5. The molecule has 0 spiro atoms. The molecule has 23 heavy (non-hydrogen) atoms. The Bertz CT molecular complexity index is 680. The minimum absolute atomic E-state index is 0.0564. The van der Waals surface area contributed by atoms with Crippen LogP contribution in [0.25, 0.3) is 0 Å². The van der Waals surface area contributed by atoms with Crippen LogP contribution in [-0.4, -0.2) is 48.1 Å². The number of alkyl halides is 3. The topological polar surface area (TPSA) is 142 Å². The van der Waals surface area contributed by atoms with Crippen LogP contribution in [0.2, 0.25) is 0 Å². The average molecular weight is 352 g/mol. The minimum atomic E-state index is -4.67. The third-order valence-corrected chi connectivity index (χ3v) is 5.57. The van der Waals surface area contributed by atoms with Gasteiger partial charge in [0, 0.05) is 16.7 Å². The highest BCUT2D eigenvalue weighted by Gasteiger charge is 2.77. The molecule has 1 aromatic heterocycles. The van der Waals surface area contributed by atoms with Crippen LogP contribution in [0.3, 0.4) is 0 Å². The Labute approximate surface area is 130 Å². The molecule has 126 valence electrons. The molecule has 0 radical (unpaired) electrons. The third-order valence-electron chi connectivity index (χ3n) is 4.39. The van der Waals surface area contributed by atoms with Crippen LogP contribution in [0.4, 0.5) is 13.2 Å². The lowest BCUT2D eigenvalue weighted by molar-refractivity contribution is -0.145. The Hall–Kier alpha value is -1.82. The van der Waals surface area contributed by atoms with E-state index in [9.17, 15) is 27.9 Å². The van der Waals surface area contributed by atoms with Gasteiger partial charge in [-0.25, -0.2) is 0 Å². The van der Waals surface area contributed by atoms with Gasteiger partial charge in [0.05, 0.1) is 11.8 Å². The molecule has 2 aliphatic rings. The van der Waals surface area contributed by atoms with Crippen molar-refractivity contribution in [2.45, 2.75) is 28.5 Å². The van der Waals surface area contributed by atoms with Crippen LogP contribution in [0.15, 0.2) is 5.16 Å². The minimum Gasteiger partial charge on any atom is -0.481 e. The number of hydrogen-bond donors (Lipinski definition) is 4. The van der Waals surface area contributed by atoms with Gasteiger partial charge in [-0.3, -0.25) is 14.7 Å². The quantitative estimate of drug-likeness (QED) is 0.610. The number of thioether (sulfide) groups is 1. The van der Waals surface area contributed by atoms with Gasteiger partial charge in [0.25, 0.3) is 0 Å². The zero-order valence-corrected chi connectivity index (χ0v) is 12.1. The van der Waals surface area contributed by atoms with Gasteiger partial charge in [0.2, 0.25) is 11.0 Å². The van der Waals surface area contributed by atoms with Crippen molar-refractivity contribution in [3.63, 3.8) is 0 Å². The molecule has 2 aliphatic carbocycles. The Morgan fingerprint density at radius 1 is 1.35 bits per heavy atom. The number of nitrogens with two attached hydrogens (primary N) is 1. The summed E-state index contributed by atoms with van der Waals surface area (Å²) in [4.78, 5) is 25.8. The smallest absolute Gasteiger partial charge is 0.451 e. The number of aromatic nitrogens is 3. The van der Waals surface area contributed by atoms with Gasteiger partial charge in [0.1, 0.15) is 0 Å². The van der Waals surface area contributed by atoms with E-state index in [0.29, 0.717) is 0 Å². The van der Waals surface area contributed by atoms with Crippen LogP contribution in [0.5, 0.6) is 0 Å². The molecular weight excluding hydrogens is 341 g/mol. The van der Waals surface area contributed by atoms with Crippen molar-refractivity contribution >= 4 is 23.7 Å². The van der Waals surface area contributed by atoms with E-state index in [4.69, 9.17) is 10.8 Å². The number of carboxylic acid groups (broad SMARTS) is 2. The molecule has 0 aromatic carbocycles. The van der Waals surface area contributed by atoms with Crippen LogP contribution >= 0.6 is 11.8 Å². The summed E-state index contributed by atoms with van der Waals surface area (Å²) < 4.78 is 37.4. The van der Waals surface area contributed by atoms with Crippen molar-refractivity contribution in [3.8, 4) is 0 Å². The highest BCUT2D eigenvalue weighted by molar-refractivity contribution is 7.99. The monoisotopic (exact) mass is 352 g/mol. The fourth-order valence-electron chi connectivity index (χ4n) is 3.39. The fraction of sp³-hybridized carbons (Fsp3) is 0.636. The number of H-pyrrole nitrogens is 1. The van der Waals surface area contributed by atoms with Crippen molar-refractivity contribution in [1.82, 2.24) is 15.2 Å². The Kier molecular flexibility index (Phi) is 3.38. The second-order valence-electron chi connectivity index (χ2n) is 5.59. The molecule has 8 nitrogen and oxygen atoms in total. The molecule has 2 saturated carbocycles. The Morgan fingerprint density at radius 2 is 2.00 bits per heavy atom. The predicted octanol–water partition coefficient (Wildman–Crippen LogP) is 0.417. The number of carbonyl (C=O) groups is 2. The van der Waals surface area contributed by atoms with E-state index in [1.165, 1.54) is 0 Å². The van der Waals surface area contributed by atoms with Crippen molar-refractivity contribution in [3.05, 3.63) is 5.82 Å². The van der Waals surface area contributed by atoms with Gasteiger partial charge < -0.3 is 15.9 Å². The lowest BCUT2D eigenvalue weighted by atomic mass is 9.95. The van der Waals surface area contributed by atoms with Crippen molar-refractivity contribution < 1.29 is 33.0 Å². The molecule has 0 saturated heterocycles. The number of carboxylic acids is 2. The first-order valence-corrected chi connectivity index (χ1v) is 7.35. The highest BCUT2D eigenvalue weighted by Crippen LogP contribution is 2.65. The summed E-state index contributed by atoms with van der Waals surface area (Å²) in [5.41, 5.74) is 4.58. The van der Waals surface area contributed by atoms with Gasteiger partial charge in [-0.2, -0.15) is 18.2 Å². The van der Waals surface area contributed by atoms with Crippen molar-refractivity contribution in [2.24, 2.45) is 23.5 Å². The summed E-state index contributed by atoms with van der Waals surface area (Å²) in [6.07, 6.45) is -4.62. The molecule has 5 unspecified atom stereocenters. The number of nitrogens with zero attached hydrogens (tertiary/aromatic N) is 2. The standard InChI is InChI=1S/C11H11F3N4O4S/c12-11(13,14)8-16-9(18-17-8)23-3-1-2(6(19)20)10(15)4(3)5(10)7(21)22/h2-5H,1,15H2,(H,19,20)(H,21,22)(H,16,17,18). The molecule has 0 aliphatic heterocycles. The van der Waals surface area contributed by atoms with Gasteiger partial charge in [-0.1, -0.05) is 11.8 Å². The second-order valence-corrected chi connectivity index (χ2v) is 6.80. The SMILES string of the molecule is NC12C(C(=O)O)CC(Sc3n[nH]c(C(F)(F)F)n3)C1C2C(=O)O. The van der Waals surface area contributed by atoms with E-state index in [-0.39, 0.29) is 11.6 Å². The summed E-state index contributed by atoms with van der Waals surface area (Å²) in [5, 5.41) is 22.8. The lowest BCUT2D eigenvalue weighted by Crippen LogP contribution is -2.39. The summed E-state index contributed by atoms with van der Waals surface area (Å²) >= 11 is 0.819. The maximum atomic E-state index is 12.5. The van der Waals surface area contributed by atoms with E-state index >= 15 is 0 Å². The molecule has 1 heterocycles. The summed E-state index contributed by atoms with van der Waals surface area (Å²) in [5.74, 6) is -6.42. The van der Waals surface area contributed by atoms with E-state index < -0.39 is 52.5 Å². The molecule has 5 atom stereocenters. The summed E-state index contributed by atoms with van der Waals surface area (Å²) in [7, 11) is 0. The molecule has 0 amide bonds. The number of aliphatic carboxylic acids is 2. The Morgan fingerprint density at radius 3 is 2.48 bits per heavy atom. The summed E-state index contributed by atoms with van der Waals surface area (Å²) in [6, 6.07) is 0. The average Bonchev–Trinajstić information content (AvgIpc) is 2.72. The predicted molar refractivity (Wildman–Crippen MR) is 68.3 cm³/mol. The van der Waals surface area contributed by atoms with Gasteiger partial charge in [-0.15, -0.1) is 5.10 Å². The maximum Gasteiger partial charge on any atom is 0.451 e. The second kappa shape index (κ2) is 4.84. The largest absolute Gasteiger partial charge is 0.481 e. The number of fused-ring (bicyclic) bond motifs is 1. The van der Waals surface area contributed by atoms with E-state index in [1.807, 2.05) is 0 Å². The van der Waals surface area contributed by atoms with Gasteiger partial charge in [0.15, 0.2) is 0 Å². The number of halogens is 3.